The summed E-state index contributed by atoms with van der Waals surface area (Å²) in [6.07, 6.45) is 0. The quantitative estimate of drug-likeness (QED) is 0.511. The van der Waals surface area contributed by atoms with Crippen LogP contribution in [0.4, 0.5) is 5.69 Å². The van der Waals surface area contributed by atoms with Gasteiger partial charge in [-0.05, 0) is 60.5 Å². The number of nitrogens with one attached hydrogen (secondary N) is 1. The Bertz CT molecular complexity index is 1240. The predicted octanol–water partition coefficient (Wildman–Crippen LogP) is 4.52. The first-order valence-corrected chi connectivity index (χ1v) is 13.0. The van der Waals surface area contributed by atoms with Crippen LogP contribution in [-0.2, 0) is 16.6 Å². The van der Waals surface area contributed by atoms with E-state index < -0.39 is 10.0 Å². The van der Waals surface area contributed by atoms with Gasteiger partial charge in [0.2, 0.25) is 10.0 Å². The highest BCUT2D eigenvalue weighted by Crippen LogP contribution is 2.21. The molecule has 3 aromatic rings. The zero-order valence-electron chi connectivity index (χ0n) is 18.4. The van der Waals surface area contributed by atoms with Crippen molar-refractivity contribution in [2.75, 3.05) is 31.5 Å². The molecule has 1 amide bonds. The number of rotatable bonds is 6. The highest BCUT2D eigenvalue weighted by Gasteiger charge is 2.28. The molecule has 172 valence electrons. The Hall–Kier alpha value is -2.52. The third kappa shape index (κ3) is 5.70. The lowest BCUT2D eigenvalue weighted by atomic mass is 10.1. The molecule has 1 aliphatic heterocycles. The third-order valence-corrected chi connectivity index (χ3v) is 8.53. The molecular weight excluding hydrogens is 502 g/mol. The fourth-order valence-electron chi connectivity index (χ4n) is 3.86. The van der Waals surface area contributed by atoms with Crippen molar-refractivity contribution >= 4 is 37.5 Å². The van der Waals surface area contributed by atoms with Crippen LogP contribution in [0.1, 0.15) is 21.5 Å². The van der Waals surface area contributed by atoms with Crippen LogP contribution < -0.4 is 5.32 Å². The number of halogens is 1. The maximum atomic E-state index is 12.8. The Labute approximate surface area is 203 Å². The van der Waals surface area contributed by atoms with E-state index in [0.29, 0.717) is 43.2 Å². The van der Waals surface area contributed by atoms with Crippen molar-refractivity contribution in [2.24, 2.45) is 0 Å². The SMILES string of the molecule is Cc1cc(NC(=O)c2cccc(CN3CCN(S(=O)(=O)c4ccccc4)CC3)c2)ccc1Br. The largest absolute Gasteiger partial charge is 0.322 e. The van der Waals surface area contributed by atoms with E-state index in [1.54, 1.807) is 34.6 Å². The van der Waals surface area contributed by atoms with Crippen LogP contribution in [0.15, 0.2) is 82.2 Å². The number of carbonyl (C=O) groups excluding carboxylic acids is 1. The number of piperazine rings is 1. The average Bonchev–Trinajstić information content (AvgIpc) is 2.82. The molecule has 8 heteroatoms. The molecule has 1 N–H and O–H groups in total. The van der Waals surface area contributed by atoms with Gasteiger partial charge >= 0.3 is 0 Å². The van der Waals surface area contributed by atoms with Crippen molar-refractivity contribution in [3.05, 3.63) is 94.0 Å². The number of nitrogens with zero attached hydrogens (tertiary/aromatic N) is 2. The average molecular weight is 528 g/mol. The second kappa shape index (κ2) is 10.2. The maximum Gasteiger partial charge on any atom is 0.255 e. The van der Waals surface area contributed by atoms with Gasteiger partial charge in [0.25, 0.3) is 5.91 Å². The van der Waals surface area contributed by atoms with E-state index in [0.717, 1.165) is 21.3 Å². The topological polar surface area (TPSA) is 69.7 Å². The summed E-state index contributed by atoms with van der Waals surface area (Å²) in [5, 5.41) is 2.95. The minimum absolute atomic E-state index is 0.155. The number of aryl methyl sites for hydroxylation is 1. The van der Waals surface area contributed by atoms with Crippen LogP contribution in [-0.4, -0.2) is 49.7 Å². The molecule has 0 radical (unpaired) electrons. The van der Waals surface area contributed by atoms with Gasteiger partial charge in [0, 0.05) is 48.4 Å². The smallest absolute Gasteiger partial charge is 0.255 e. The monoisotopic (exact) mass is 527 g/mol. The van der Waals surface area contributed by atoms with Crippen molar-refractivity contribution in [2.45, 2.75) is 18.4 Å². The van der Waals surface area contributed by atoms with Crippen molar-refractivity contribution in [1.82, 2.24) is 9.21 Å². The van der Waals surface area contributed by atoms with Gasteiger partial charge in [0.1, 0.15) is 0 Å². The molecule has 6 nitrogen and oxygen atoms in total. The van der Waals surface area contributed by atoms with Crippen molar-refractivity contribution in [3.63, 3.8) is 0 Å². The van der Waals surface area contributed by atoms with Crippen LogP contribution in [0.5, 0.6) is 0 Å². The molecule has 33 heavy (non-hydrogen) atoms. The number of amides is 1. The molecule has 3 aromatic carbocycles. The number of hydrogen-bond donors (Lipinski definition) is 1. The molecule has 1 heterocycles. The number of anilines is 1. The lowest BCUT2D eigenvalue weighted by molar-refractivity contribution is 0.102. The van der Waals surface area contributed by atoms with E-state index in [4.69, 9.17) is 0 Å². The second-order valence-corrected chi connectivity index (χ2v) is 10.9. The molecule has 0 bridgehead atoms. The van der Waals surface area contributed by atoms with E-state index in [1.807, 2.05) is 49.4 Å². The summed E-state index contributed by atoms with van der Waals surface area (Å²) in [5.74, 6) is -0.155. The van der Waals surface area contributed by atoms with Gasteiger partial charge in [-0.2, -0.15) is 4.31 Å². The number of hydrogen-bond acceptors (Lipinski definition) is 4. The molecule has 0 atom stereocenters. The van der Waals surface area contributed by atoms with Crippen LogP contribution in [0.3, 0.4) is 0 Å². The van der Waals surface area contributed by atoms with Gasteiger partial charge in [0.05, 0.1) is 4.90 Å². The lowest BCUT2D eigenvalue weighted by Crippen LogP contribution is -2.48. The zero-order valence-corrected chi connectivity index (χ0v) is 20.8. The first-order chi connectivity index (χ1) is 15.8. The highest BCUT2D eigenvalue weighted by molar-refractivity contribution is 9.10. The summed E-state index contributed by atoms with van der Waals surface area (Å²) in [7, 11) is -3.46. The van der Waals surface area contributed by atoms with Crippen LogP contribution in [0.2, 0.25) is 0 Å². The molecular formula is C25H26BrN3O3S. The molecule has 4 rings (SSSR count). The van der Waals surface area contributed by atoms with Gasteiger partial charge in [-0.15, -0.1) is 0 Å². The fraction of sp³-hybridized carbons (Fsp3) is 0.240. The molecule has 0 spiro atoms. The lowest BCUT2D eigenvalue weighted by Gasteiger charge is -2.34. The highest BCUT2D eigenvalue weighted by atomic mass is 79.9. The van der Waals surface area contributed by atoms with Gasteiger partial charge in [0.15, 0.2) is 0 Å². The number of carbonyl (C=O) groups is 1. The van der Waals surface area contributed by atoms with Crippen molar-refractivity contribution < 1.29 is 13.2 Å². The Balaban J connectivity index is 1.36. The van der Waals surface area contributed by atoms with E-state index in [1.165, 1.54) is 0 Å². The minimum Gasteiger partial charge on any atom is -0.322 e. The Morgan fingerprint density at radius 2 is 1.67 bits per heavy atom. The summed E-state index contributed by atoms with van der Waals surface area (Å²) in [6.45, 7) is 4.81. The van der Waals surface area contributed by atoms with Crippen molar-refractivity contribution in [1.29, 1.82) is 0 Å². The second-order valence-electron chi connectivity index (χ2n) is 8.11. The van der Waals surface area contributed by atoms with Gasteiger partial charge < -0.3 is 5.32 Å². The van der Waals surface area contributed by atoms with Gasteiger partial charge in [-0.3, -0.25) is 9.69 Å². The number of benzene rings is 3. The molecule has 0 aromatic heterocycles. The van der Waals surface area contributed by atoms with E-state index in [-0.39, 0.29) is 5.91 Å². The van der Waals surface area contributed by atoms with Crippen LogP contribution >= 0.6 is 15.9 Å². The first kappa shape index (κ1) is 23.6. The van der Waals surface area contributed by atoms with Crippen LogP contribution in [0.25, 0.3) is 0 Å². The first-order valence-electron chi connectivity index (χ1n) is 10.8. The number of sulfonamides is 1. The van der Waals surface area contributed by atoms with E-state index in [2.05, 4.69) is 26.1 Å². The summed E-state index contributed by atoms with van der Waals surface area (Å²) < 4.78 is 28.2. The summed E-state index contributed by atoms with van der Waals surface area (Å²) in [6, 6.07) is 21.8. The maximum absolute atomic E-state index is 12.8. The fourth-order valence-corrected chi connectivity index (χ4v) is 5.55. The Morgan fingerprint density at radius 3 is 2.36 bits per heavy atom. The Kier molecular flexibility index (Phi) is 7.29. The summed E-state index contributed by atoms with van der Waals surface area (Å²) >= 11 is 3.47. The zero-order chi connectivity index (χ0) is 23.4. The molecule has 0 aliphatic carbocycles. The Morgan fingerprint density at radius 1 is 0.939 bits per heavy atom. The minimum atomic E-state index is -3.46. The standard InChI is InChI=1S/C25H26BrN3O3S/c1-19-16-22(10-11-24(19)26)27-25(30)21-7-5-6-20(17-21)18-28-12-14-29(15-13-28)33(31,32)23-8-3-2-4-9-23/h2-11,16-17H,12-15,18H2,1H3,(H,27,30). The van der Waals surface area contributed by atoms with Crippen molar-refractivity contribution in [3.8, 4) is 0 Å². The summed E-state index contributed by atoms with van der Waals surface area (Å²) in [5.41, 5.74) is 3.42. The van der Waals surface area contributed by atoms with Gasteiger partial charge in [-0.25, -0.2) is 8.42 Å². The molecule has 1 fully saturated rings. The van der Waals surface area contributed by atoms with E-state index in [9.17, 15) is 13.2 Å². The molecule has 1 saturated heterocycles. The summed E-state index contributed by atoms with van der Waals surface area (Å²) in [4.78, 5) is 15.3. The third-order valence-electron chi connectivity index (χ3n) is 5.72. The molecule has 0 saturated carbocycles. The van der Waals surface area contributed by atoms with E-state index >= 15 is 0 Å². The van der Waals surface area contributed by atoms with Crippen LogP contribution in [0, 0.1) is 6.92 Å². The molecule has 0 unspecified atom stereocenters. The molecule has 1 aliphatic rings. The van der Waals surface area contributed by atoms with Gasteiger partial charge in [-0.1, -0.05) is 46.3 Å². The normalized spacial score (nSPS) is 15.3. The predicted molar refractivity (Wildman–Crippen MR) is 134 cm³/mol.